The van der Waals surface area contributed by atoms with E-state index >= 15 is 0 Å². The molecule has 4 nitrogen and oxygen atoms in total. The maximum absolute atomic E-state index is 11.5. The molecule has 1 aliphatic rings. The van der Waals surface area contributed by atoms with Crippen LogP contribution in [0.25, 0.3) is 0 Å². The van der Waals surface area contributed by atoms with Crippen LogP contribution in [0.1, 0.15) is 22.7 Å². The van der Waals surface area contributed by atoms with Crippen molar-refractivity contribution in [3.05, 3.63) is 28.8 Å². The minimum absolute atomic E-state index is 0.0112. The van der Waals surface area contributed by atoms with Gasteiger partial charge < -0.3 is 15.0 Å². The molecular weight excluding hydrogens is 216 g/mol. The number of rotatable bonds is 2. The largest absolute Gasteiger partial charge is 0.496 e. The number of nitrogens with one attached hydrogen (secondary N) is 1. The zero-order valence-corrected chi connectivity index (χ0v) is 10.7. The highest BCUT2D eigenvalue weighted by Gasteiger charge is 2.29. The molecule has 1 fully saturated rings. The molecule has 1 saturated heterocycles. The van der Waals surface area contributed by atoms with Crippen molar-refractivity contribution in [3.63, 3.8) is 0 Å². The topological polar surface area (TPSA) is 41.6 Å². The van der Waals surface area contributed by atoms with Gasteiger partial charge in [-0.25, -0.2) is 4.79 Å². The van der Waals surface area contributed by atoms with Crippen molar-refractivity contribution >= 4 is 6.03 Å². The summed E-state index contributed by atoms with van der Waals surface area (Å²) in [5.41, 5.74) is 3.51. The molecule has 1 unspecified atom stereocenters. The van der Waals surface area contributed by atoms with E-state index in [0.29, 0.717) is 6.54 Å². The number of urea groups is 1. The molecular formula is C13H18N2O2. The Hall–Kier alpha value is -1.71. The van der Waals surface area contributed by atoms with Gasteiger partial charge in [-0.05, 0) is 36.6 Å². The average Bonchev–Trinajstić information content (AvgIpc) is 2.64. The minimum atomic E-state index is -0.0112. The summed E-state index contributed by atoms with van der Waals surface area (Å²) >= 11 is 0. The van der Waals surface area contributed by atoms with Crippen molar-refractivity contribution in [3.8, 4) is 5.75 Å². The smallest absolute Gasteiger partial charge is 0.317 e. The van der Waals surface area contributed by atoms with Crippen molar-refractivity contribution in [2.45, 2.75) is 19.9 Å². The molecule has 0 aliphatic carbocycles. The number of hydrogen-bond acceptors (Lipinski definition) is 2. The van der Waals surface area contributed by atoms with Crippen LogP contribution >= 0.6 is 0 Å². The first-order valence-electron chi connectivity index (χ1n) is 5.71. The van der Waals surface area contributed by atoms with Gasteiger partial charge in [-0.3, -0.25) is 0 Å². The van der Waals surface area contributed by atoms with E-state index in [1.165, 1.54) is 11.1 Å². The third-order valence-electron chi connectivity index (χ3n) is 3.59. The maximum atomic E-state index is 11.5. The van der Waals surface area contributed by atoms with E-state index in [0.717, 1.165) is 11.3 Å². The molecule has 2 rings (SSSR count). The fourth-order valence-corrected chi connectivity index (χ4v) is 2.30. The third-order valence-corrected chi connectivity index (χ3v) is 3.59. The molecule has 1 heterocycles. The maximum Gasteiger partial charge on any atom is 0.317 e. The van der Waals surface area contributed by atoms with Gasteiger partial charge in [0.25, 0.3) is 0 Å². The summed E-state index contributed by atoms with van der Waals surface area (Å²) in [6.45, 7) is 4.79. The Balaban J connectivity index is 2.40. The number of carbonyl (C=O) groups is 1. The second kappa shape index (κ2) is 4.28. The molecule has 1 N–H and O–H groups in total. The second-order valence-electron chi connectivity index (χ2n) is 4.42. The van der Waals surface area contributed by atoms with Crippen LogP contribution in [0, 0.1) is 13.8 Å². The van der Waals surface area contributed by atoms with Gasteiger partial charge in [-0.1, -0.05) is 6.07 Å². The van der Waals surface area contributed by atoms with Crippen LogP contribution in [0.3, 0.4) is 0 Å². The van der Waals surface area contributed by atoms with Gasteiger partial charge in [0, 0.05) is 13.6 Å². The van der Waals surface area contributed by atoms with Crippen molar-refractivity contribution in [2.75, 3.05) is 20.7 Å². The summed E-state index contributed by atoms with van der Waals surface area (Å²) in [5.74, 6) is 0.895. The van der Waals surface area contributed by atoms with Crippen LogP contribution in [-0.2, 0) is 0 Å². The van der Waals surface area contributed by atoms with Gasteiger partial charge in [0.2, 0.25) is 0 Å². The van der Waals surface area contributed by atoms with Gasteiger partial charge in [-0.15, -0.1) is 0 Å². The number of ether oxygens (including phenoxy) is 1. The molecule has 0 spiro atoms. The lowest BCUT2D eigenvalue weighted by molar-refractivity contribution is 0.216. The number of amides is 2. The Kier molecular flexibility index (Phi) is 2.96. The zero-order chi connectivity index (χ0) is 12.6. The molecule has 0 aromatic heterocycles. The Morgan fingerprint density at radius 1 is 1.35 bits per heavy atom. The Bertz CT molecular complexity index is 457. The molecule has 92 valence electrons. The van der Waals surface area contributed by atoms with Crippen LogP contribution in [0.15, 0.2) is 12.1 Å². The van der Waals surface area contributed by atoms with E-state index in [9.17, 15) is 4.79 Å². The van der Waals surface area contributed by atoms with Gasteiger partial charge in [0.15, 0.2) is 0 Å². The highest BCUT2D eigenvalue weighted by Crippen LogP contribution is 2.31. The molecule has 1 aliphatic heterocycles. The highest BCUT2D eigenvalue weighted by molar-refractivity contribution is 5.77. The third kappa shape index (κ3) is 1.84. The van der Waals surface area contributed by atoms with Crippen LogP contribution < -0.4 is 10.1 Å². The molecule has 0 radical (unpaired) electrons. The van der Waals surface area contributed by atoms with Crippen LogP contribution in [-0.4, -0.2) is 31.6 Å². The van der Waals surface area contributed by atoms with E-state index in [1.807, 2.05) is 26.1 Å². The fourth-order valence-electron chi connectivity index (χ4n) is 2.30. The van der Waals surface area contributed by atoms with Gasteiger partial charge in [-0.2, -0.15) is 0 Å². The number of likely N-dealkylation sites (N-methyl/N-ethyl adjacent to an activating group) is 1. The van der Waals surface area contributed by atoms with E-state index in [4.69, 9.17) is 4.74 Å². The summed E-state index contributed by atoms with van der Waals surface area (Å²) < 4.78 is 5.30. The van der Waals surface area contributed by atoms with E-state index in [1.54, 1.807) is 12.0 Å². The molecule has 1 aromatic rings. The first-order valence-corrected chi connectivity index (χ1v) is 5.71. The first kappa shape index (κ1) is 11.8. The fraction of sp³-hybridized carbons (Fsp3) is 0.462. The van der Waals surface area contributed by atoms with Gasteiger partial charge in [0.05, 0.1) is 13.2 Å². The van der Waals surface area contributed by atoms with Crippen LogP contribution in [0.2, 0.25) is 0 Å². The van der Waals surface area contributed by atoms with Crippen LogP contribution in [0.5, 0.6) is 5.75 Å². The number of nitrogens with zero attached hydrogens (tertiary/aromatic N) is 1. The summed E-state index contributed by atoms with van der Waals surface area (Å²) in [6.07, 6.45) is 0. The summed E-state index contributed by atoms with van der Waals surface area (Å²) in [7, 11) is 3.50. The molecule has 0 saturated carbocycles. The average molecular weight is 234 g/mol. The molecule has 17 heavy (non-hydrogen) atoms. The Morgan fingerprint density at radius 3 is 2.59 bits per heavy atom. The predicted molar refractivity (Wildman–Crippen MR) is 66.4 cm³/mol. The predicted octanol–water partition coefficient (Wildman–Crippen LogP) is 2.01. The van der Waals surface area contributed by atoms with Crippen molar-refractivity contribution in [2.24, 2.45) is 0 Å². The molecule has 0 bridgehead atoms. The Labute approximate surface area is 102 Å². The Morgan fingerprint density at radius 2 is 2.06 bits per heavy atom. The van der Waals surface area contributed by atoms with Crippen molar-refractivity contribution < 1.29 is 9.53 Å². The summed E-state index contributed by atoms with van der Waals surface area (Å²) in [6, 6.07) is 4.12. The number of methoxy groups -OCH3 is 1. The number of carbonyl (C=O) groups excluding carboxylic acids is 1. The first-order chi connectivity index (χ1) is 8.06. The highest BCUT2D eigenvalue weighted by atomic mass is 16.5. The SMILES string of the molecule is COc1ccc(C2CNC(=O)N2C)c(C)c1C. The monoisotopic (exact) mass is 234 g/mol. The molecule has 1 atom stereocenters. The van der Waals surface area contributed by atoms with Crippen molar-refractivity contribution in [1.29, 1.82) is 0 Å². The summed E-state index contributed by atoms with van der Waals surface area (Å²) in [5, 5.41) is 2.85. The number of benzene rings is 1. The lowest BCUT2D eigenvalue weighted by atomic mass is 9.96. The van der Waals surface area contributed by atoms with E-state index in [2.05, 4.69) is 12.2 Å². The lowest BCUT2D eigenvalue weighted by Crippen LogP contribution is -2.25. The summed E-state index contributed by atoms with van der Waals surface area (Å²) in [4.78, 5) is 13.2. The quantitative estimate of drug-likeness (QED) is 0.850. The molecule has 1 aromatic carbocycles. The van der Waals surface area contributed by atoms with Crippen molar-refractivity contribution in [1.82, 2.24) is 10.2 Å². The zero-order valence-electron chi connectivity index (χ0n) is 10.7. The molecule has 2 amide bonds. The van der Waals surface area contributed by atoms with Crippen LogP contribution in [0.4, 0.5) is 4.79 Å². The normalized spacial score (nSPS) is 19.4. The van der Waals surface area contributed by atoms with E-state index < -0.39 is 0 Å². The van der Waals surface area contributed by atoms with Gasteiger partial charge in [0.1, 0.15) is 5.75 Å². The van der Waals surface area contributed by atoms with Gasteiger partial charge >= 0.3 is 6.03 Å². The minimum Gasteiger partial charge on any atom is -0.496 e. The second-order valence-corrected chi connectivity index (χ2v) is 4.42. The number of hydrogen-bond donors (Lipinski definition) is 1. The van der Waals surface area contributed by atoms with E-state index in [-0.39, 0.29) is 12.1 Å². The molecule has 4 heteroatoms. The standard InChI is InChI=1S/C13H18N2O2/c1-8-9(2)12(17-4)6-5-10(8)11-7-14-13(16)15(11)3/h5-6,11H,7H2,1-4H3,(H,14,16). The lowest BCUT2D eigenvalue weighted by Gasteiger charge is -2.22.